The summed E-state index contributed by atoms with van der Waals surface area (Å²) >= 11 is 0. The number of carbonyl (C=O) groups is 3. The monoisotopic (exact) mass is 340 g/mol. The van der Waals surface area contributed by atoms with Crippen molar-refractivity contribution in [3.05, 3.63) is 53.5 Å². The van der Waals surface area contributed by atoms with Gasteiger partial charge in [0.15, 0.2) is 0 Å². The van der Waals surface area contributed by atoms with E-state index in [1.54, 1.807) is 41.5 Å². The Balaban J connectivity index is 1.40. The summed E-state index contributed by atoms with van der Waals surface area (Å²) in [5, 5.41) is 2.82. The van der Waals surface area contributed by atoms with Crippen molar-refractivity contribution in [3.8, 4) is 0 Å². The number of benzene rings is 1. The molecule has 1 N–H and O–H groups in total. The molecule has 1 fully saturated rings. The zero-order valence-corrected chi connectivity index (χ0v) is 13.4. The Labute approximate surface area is 143 Å². The van der Waals surface area contributed by atoms with E-state index in [1.807, 2.05) is 0 Å². The molecule has 1 aromatic carbocycles. The summed E-state index contributed by atoms with van der Waals surface area (Å²) < 4.78 is 10.2. The fourth-order valence-corrected chi connectivity index (χ4v) is 3.15. The summed E-state index contributed by atoms with van der Waals surface area (Å²) in [6.45, 7) is 0.947. The van der Waals surface area contributed by atoms with E-state index in [0.717, 1.165) is 5.56 Å². The van der Waals surface area contributed by atoms with Crippen LogP contribution >= 0.6 is 0 Å². The molecule has 1 aromatic heterocycles. The van der Waals surface area contributed by atoms with Gasteiger partial charge in [-0.05, 0) is 30.3 Å². The lowest BCUT2D eigenvalue weighted by molar-refractivity contribution is -0.128. The summed E-state index contributed by atoms with van der Waals surface area (Å²) in [4.78, 5) is 37.6. The highest BCUT2D eigenvalue weighted by Crippen LogP contribution is 2.25. The quantitative estimate of drug-likeness (QED) is 0.859. The minimum absolute atomic E-state index is 0.0653. The van der Waals surface area contributed by atoms with Crippen molar-refractivity contribution in [2.75, 3.05) is 11.9 Å². The van der Waals surface area contributed by atoms with E-state index >= 15 is 0 Å². The van der Waals surface area contributed by atoms with E-state index in [4.69, 9.17) is 9.15 Å². The highest BCUT2D eigenvalue weighted by Gasteiger charge is 2.34. The van der Waals surface area contributed by atoms with Crippen molar-refractivity contribution in [1.29, 1.82) is 0 Å². The van der Waals surface area contributed by atoms with Crippen LogP contribution in [-0.4, -0.2) is 29.2 Å². The summed E-state index contributed by atoms with van der Waals surface area (Å²) in [5.41, 5.74) is 1.88. The van der Waals surface area contributed by atoms with Crippen LogP contribution in [0.15, 0.2) is 41.0 Å². The van der Waals surface area contributed by atoms with Crippen molar-refractivity contribution in [2.45, 2.75) is 19.6 Å². The maximum Gasteiger partial charge on any atom is 0.338 e. The molecule has 2 aliphatic heterocycles. The fraction of sp³-hybridized carbons (Fsp3) is 0.278. The molecule has 1 atom stereocenters. The van der Waals surface area contributed by atoms with Gasteiger partial charge in [-0.3, -0.25) is 9.59 Å². The van der Waals surface area contributed by atoms with Gasteiger partial charge in [-0.2, -0.15) is 0 Å². The van der Waals surface area contributed by atoms with Crippen LogP contribution in [0.4, 0.5) is 5.69 Å². The minimum Gasteiger partial charge on any atom is -0.467 e. The third kappa shape index (κ3) is 3.00. The molecule has 0 saturated carbocycles. The lowest BCUT2D eigenvalue weighted by atomic mass is 10.1. The second-order valence-electron chi connectivity index (χ2n) is 6.19. The van der Waals surface area contributed by atoms with Gasteiger partial charge < -0.3 is 19.4 Å². The SMILES string of the molecule is O=C1OCc2cc(NC(=O)[C@H]3CC(=O)N(Cc4ccco4)C3)ccc21. The molecule has 7 nitrogen and oxygen atoms in total. The number of hydrogen-bond donors (Lipinski definition) is 1. The van der Waals surface area contributed by atoms with Gasteiger partial charge in [-0.25, -0.2) is 4.79 Å². The van der Waals surface area contributed by atoms with E-state index in [-0.39, 0.29) is 30.8 Å². The first-order valence-corrected chi connectivity index (χ1v) is 8.01. The third-order valence-electron chi connectivity index (χ3n) is 4.46. The summed E-state index contributed by atoms with van der Waals surface area (Å²) in [6, 6.07) is 8.61. The first-order valence-electron chi connectivity index (χ1n) is 8.01. The van der Waals surface area contributed by atoms with Crippen LogP contribution in [0.5, 0.6) is 0 Å². The van der Waals surface area contributed by atoms with Crippen LogP contribution in [-0.2, 0) is 27.5 Å². The van der Waals surface area contributed by atoms with Gasteiger partial charge in [0.1, 0.15) is 12.4 Å². The van der Waals surface area contributed by atoms with Crippen LogP contribution in [0.2, 0.25) is 0 Å². The number of hydrogen-bond acceptors (Lipinski definition) is 5. The number of fused-ring (bicyclic) bond motifs is 1. The van der Waals surface area contributed by atoms with Crippen molar-refractivity contribution in [2.24, 2.45) is 5.92 Å². The van der Waals surface area contributed by atoms with Gasteiger partial charge in [-0.15, -0.1) is 0 Å². The number of nitrogens with zero attached hydrogens (tertiary/aromatic N) is 1. The molecular weight excluding hydrogens is 324 g/mol. The first-order chi connectivity index (χ1) is 12.1. The number of anilines is 1. The first kappa shape index (κ1) is 15.4. The molecule has 2 amide bonds. The molecule has 128 valence electrons. The molecule has 0 spiro atoms. The summed E-state index contributed by atoms with van der Waals surface area (Å²) in [5.74, 6) is -0.334. The number of cyclic esters (lactones) is 1. The van der Waals surface area contributed by atoms with Crippen LogP contribution in [0.25, 0.3) is 0 Å². The molecule has 3 heterocycles. The maximum absolute atomic E-state index is 12.5. The number of likely N-dealkylation sites (tertiary alicyclic amines) is 1. The predicted molar refractivity (Wildman–Crippen MR) is 86.4 cm³/mol. The standard InChI is InChI=1S/C18H16N2O5/c21-16-7-11(8-20(16)9-14-2-1-5-24-14)17(22)19-13-3-4-15-12(6-13)10-25-18(15)23/h1-6,11H,7-10H2,(H,19,22)/t11-/m0/s1. The van der Waals surface area contributed by atoms with E-state index in [2.05, 4.69) is 5.32 Å². The van der Waals surface area contributed by atoms with Crippen molar-refractivity contribution < 1.29 is 23.5 Å². The minimum atomic E-state index is -0.409. The van der Waals surface area contributed by atoms with Gasteiger partial charge in [-0.1, -0.05) is 0 Å². The molecule has 0 unspecified atom stereocenters. The second-order valence-corrected chi connectivity index (χ2v) is 6.19. The van der Waals surface area contributed by atoms with Crippen LogP contribution in [0.1, 0.15) is 28.1 Å². The van der Waals surface area contributed by atoms with Gasteiger partial charge in [0.25, 0.3) is 0 Å². The highest BCUT2D eigenvalue weighted by atomic mass is 16.5. The number of ether oxygens (including phenoxy) is 1. The van der Waals surface area contributed by atoms with E-state index in [0.29, 0.717) is 30.1 Å². The van der Waals surface area contributed by atoms with E-state index in [1.165, 1.54) is 0 Å². The Bertz CT molecular complexity index is 843. The lowest BCUT2D eigenvalue weighted by Crippen LogP contribution is -2.27. The van der Waals surface area contributed by atoms with Crippen LogP contribution in [0.3, 0.4) is 0 Å². The molecule has 1 saturated heterocycles. The molecule has 0 aliphatic carbocycles. The molecule has 25 heavy (non-hydrogen) atoms. The Morgan fingerprint density at radius 1 is 1.28 bits per heavy atom. The molecular formula is C18H16N2O5. The van der Waals surface area contributed by atoms with Gasteiger partial charge in [0, 0.05) is 24.2 Å². The lowest BCUT2D eigenvalue weighted by Gasteiger charge is -2.15. The molecule has 7 heteroatoms. The van der Waals surface area contributed by atoms with Gasteiger partial charge in [0.2, 0.25) is 11.8 Å². The van der Waals surface area contributed by atoms with E-state index in [9.17, 15) is 14.4 Å². The van der Waals surface area contributed by atoms with Crippen molar-refractivity contribution in [3.63, 3.8) is 0 Å². The second kappa shape index (κ2) is 6.08. The number of furan rings is 1. The number of amides is 2. The number of rotatable bonds is 4. The normalized spacial score (nSPS) is 19.0. The smallest absolute Gasteiger partial charge is 0.338 e. The fourth-order valence-electron chi connectivity index (χ4n) is 3.15. The largest absolute Gasteiger partial charge is 0.467 e. The predicted octanol–water partition coefficient (Wildman–Crippen LogP) is 1.94. The number of carbonyl (C=O) groups excluding carboxylic acids is 3. The average molecular weight is 340 g/mol. The Kier molecular flexibility index (Phi) is 3.76. The Morgan fingerprint density at radius 3 is 2.96 bits per heavy atom. The Morgan fingerprint density at radius 2 is 2.16 bits per heavy atom. The van der Waals surface area contributed by atoms with Crippen molar-refractivity contribution >= 4 is 23.5 Å². The Hall–Kier alpha value is -3.09. The maximum atomic E-state index is 12.5. The number of nitrogens with one attached hydrogen (secondary N) is 1. The molecule has 0 bridgehead atoms. The van der Waals surface area contributed by atoms with Crippen LogP contribution < -0.4 is 5.32 Å². The molecule has 4 rings (SSSR count). The highest BCUT2D eigenvalue weighted by molar-refractivity contribution is 5.98. The van der Waals surface area contributed by atoms with Crippen LogP contribution in [0, 0.1) is 5.92 Å². The van der Waals surface area contributed by atoms with Crippen molar-refractivity contribution in [1.82, 2.24) is 4.90 Å². The average Bonchev–Trinajstić information content (AvgIpc) is 3.31. The van der Waals surface area contributed by atoms with Gasteiger partial charge in [0.05, 0.1) is 24.3 Å². The zero-order chi connectivity index (χ0) is 17.4. The van der Waals surface area contributed by atoms with Gasteiger partial charge >= 0.3 is 5.97 Å². The zero-order valence-electron chi connectivity index (χ0n) is 13.4. The topological polar surface area (TPSA) is 88.8 Å². The molecule has 2 aliphatic rings. The molecule has 0 radical (unpaired) electrons. The summed E-state index contributed by atoms with van der Waals surface area (Å²) in [7, 11) is 0. The molecule has 2 aromatic rings. The number of esters is 1. The van der Waals surface area contributed by atoms with E-state index < -0.39 is 5.92 Å². The third-order valence-corrected chi connectivity index (χ3v) is 4.46. The summed E-state index contributed by atoms with van der Waals surface area (Å²) in [6.07, 6.45) is 1.74.